The second-order valence-electron chi connectivity index (χ2n) is 9.72. The van der Waals surface area contributed by atoms with Gasteiger partial charge in [-0.1, -0.05) is 24.3 Å². The van der Waals surface area contributed by atoms with E-state index in [4.69, 9.17) is 9.72 Å². The van der Waals surface area contributed by atoms with E-state index in [0.717, 1.165) is 32.7 Å². The zero-order chi connectivity index (χ0) is 24.5. The third kappa shape index (κ3) is 5.35. The molecule has 0 N–H and O–H groups in total. The van der Waals surface area contributed by atoms with Gasteiger partial charge in [0.15, 0.2) is 0 Å². The summed E-state index contributed by atoms with van der Waals surface area (Å²) in [5, 5.41) is 1.99. The molecule has 1 fully saturated rings. The third-order valence-electron chi connectivity index (χ3n) is 5.91. The van der Waals surface area contributed by atoms with Crippen LogP contribution in [0.5, 0.6) is 0 Å². The Hall–Kier alpha value is -2.68. The molecule has 7 heteroatoms. The number of aryl methyl sites for hydroxylation is 1. The first-order chi connectivity index (χ1) is 16.1. The van der Waals surface area contributed by atoms with Gasteiger partial charge in [-0.05, 0) is 98.3 Å². The molecule has 0 bridgehead atoms. The van der Waals surface area contributed by atoms with Gasteiger partial charge in [-0.15, -0.1) is 0 Å². The lowest BCUT2D eigenvalue weighted by molar-refractivity contribution is 0.0196. The second kappa shape index (κ2) is 9.90. The number of ether oxygens (including phenoxy) is 1. The van der Waals surface area contributed by atoms with Crippen molar-refractivity contribution in [2.45, 2.75) is 52.2 Å². The topological polar surface area (TPSA) is 62.7 Å². The van der Waals surface area contributed by atoms with E-state index in [1.54, 1.807) is 16.0 Å². The summed E-state index contributed by atoms with van der Waals surface area (Å²) in [4.78, 5) is 35.1. The molecule has 1 aliphatic heterocycles. The van der Waals surface area contributed by atoms with Gasteiger partial charge in [-0.25, -0.2) is 9.78 Å². The summed E-state index contributed by atoms with van der Waals surface area (Å²) in [5.74, 6) is 0.522. The highest BCUT2D eigenvalue weighted by Gasteiger charge is 2.35. The molecule has 34 heavy (non-hydrogen) atoms. The first-order valence-electron chi connectivity index (χ1n) is 11.6. The highest BCUT2D eigenvalue weighted by molar-refractivity contribution is 14.1. The molecule has 2 amide bonds. The number of fused-ring (bicyclic) bond motifs is 1. The van der Waals surface area contributed by atoms with Crippen molar-refractivity contribution in [3.8, 4) is 0 Å². The zero-order valence-corrected chi connectivity index (χ0v) is 22.2. The van der Waals surface area contributed by atoms with E-state index in [2.05, 4.69) is 22.6 Å². The molecule has 0 aliphatic carbocycles. The number of benzene rings is 2. The highest BCUT2D eigenvalue weighted by Crippen LogP contribution is 2.32. The maximum atomic E-state index is 14.0. The molecule has 2 aromatic carbocycles. The zero-order valence-electron chi connectivity index (χ0n) is 20.0. The average Bonchev–Trinajstić information content (AvgIpc) is 2.78. The number of halogens is 1. The van der Waals surface area contributed by atoms with Crippen molar-refractivity contribution in [2.24, 2.45) is 0 Å². The summed E-state index contributed by atoms with van der Waals surface area (Å²) in [7, 11) is 0. The molecule has 4 rings (SSSR count). The minimum absolute atomic E-state index is 0.113. The van der Waals surface area contributed by atoms with Gasteiger partial charge in [-0.2, -0.15) is 0 Å². The number of hydrogen-bond donors (Lipinski definition) is 0. The van der Waals surface area contributed by atoms with E-state index in [1.165, 1.54) is 0 Å². The molecular formula is C27H30IN3O3. The Bertz CT molecular complexity index is 1220. The number of hydrogen-bond acceptors (Lipinski definition) is 4. The predicted molar refractivity (Wildman–Crippen MR) is 143 cm³/mol. The van der Waals surface area contributed by atoms with Crippen LogP contribution in [-0.2, 0) is 4.74 Å². The summed E-state index contributed by atoms with van der Waals surface area (Å²) < 4.78 is 6.62. The van der Waals surface area contributed by atoms with Crippen molar-refractivity contribution in [3.05, 3.63) is 69.4 Å². The number of carbonyl (C=O) groups excluding carboxylic acids is 2. The molecular weight excluding hydrogens is 541 g/mol. The molecule has 6 nitrogen and oxygen atoms in total. The Morgan fingerprint density at radius 1 is 1.15 bits per heavy atom. The molecule has 0 radical (unpaired) electrons. The van der Waals surface area contributed by atoms with Crippen LogP contribution in [0.15, 0.2) is 54.7 Å². The summed E-state index contributed by atoms with van der Waals surface area (Å²) in [6, 6.07) is 15.4. The lowest BCUT2D eigenvalue weighted by atomic mass is 10.0. The second-order valence-corrected chi connectivity index (χ2v) is 11.0. The Morgan fingerprint density at radius 2 is 1.91 bits per heavy atom. The Balaban J connectivity index is 1.78. The maximum Gasteiger partial charge on any atom is 0.410 e. The monoisotopic (exact) mass is 571 g/mol. The number of anilines is 1. The number of carbonyl (C=O) groups is 2. The van der Waals surface area contributed by atoms with Crippen LogP contribution in [0.2, 0.25) is 0 Å². The van der Waals surface area contributed by atoms with Crippen LogP contribution in [-0.4, -0.2) is 46.6 Å². The number of rotatable bonds is 3. The van der Waals surface area contributed by atoms with E-state index in [0.29, 0.717) is 24.5 Å². The largest absolute Gasteiger partial charge is 0.444 e. The molecule has 0 unspecified atom stereocenters. The quantitative estimate of drug-likeness (QED) is 0.352. The predicted octanol–water partition coefficient (Wildman–Crippen LogP) is 6.19. The third-order valence-corrected chi connectivity index (χ3v) is 6.58. The number of nitrogens with zero attached hydrogens (tertiary/aromatic N) is 3. The molecule has 0 spiro atoms. The fourth-order valence-corrected chi connectivity index (χ4v) is 4.97. The van der Waals surface area contributed by atoms with Gasteiger partial charge < -0.3 is 9.64 Å². The van der Waals surface area contributed by atoms with Gasteiger partial charge in [0.05, 0.1) is 6.04 Å². The number of piperidine rings is 1. The first kappa shape index (κ1) is 24.4. The van der Waals surface area contributed by atoms with E-state index in [1.807, 2.05) is 76.2 Å². The number of aromatic nitrogens is 1. The Labute approximate surface area is 214 Å². The smallest absolute Gasteiger partial charge is 0.410 e. The van der Waals surface area contributed by atoms with E-state index >= 15 is 0 Å². The summed E-state index contributed by atoms with van der Waals surface area (Å²) in [6.45, 7) is 8.63. The van der Waals surface area contributed by atoms with Gasteiger partial charge in [0.1, 0.15) is 11.4 Å². The molecule has 178 valence electrons. The molecule has 1 aromatic heterocycles. The van der Waals surface area contributed by atoms with Crippen LogP contribution in [0.25, 0.3) is 10.8 Å². The van der Waals surface area contributed by atoms with Crippen LogP contribution in [0.4, 0.5) is 10.6 Å². The van der Waals surface area contributed by atoms with E-state index < -0.39 is 5.60 Å². The minimum atomic E-state index is -0.575. The fraction of sp³-hybridized carbons (Fsp3) is 0.370. The lowest BCUT2D eigenvalue weighted by Gasteiger charge is -2.39. The van der Waals surface area contributed by atoms with Crippen molar-refractivity contribution in [1.82, 2.24) is 9.88 Å². The number of amides is 2. The van der Waals surface area contributed by atoms with Crippen LogP contribution < -0.4 is 4.90 Å². The van der Waals surface area contributed by atoms with Crippen molar-refractivity contribution in [1.29, 1.82) is 0 Å². The van der Waals surface area contributed by atoms with E-state index in [-0.39, 0.29) is 18.0 Å². The van der Waals surface area contributed by atoms with Gasteiger partial charge in [-0.3, -0.25) is 9.69 Å². The fourth-order valence-electron chi connectivity index (χ4n) is 4.42. The van der Waals surface area contributed by atoms with Crippen molar-refractivity contribution in [3.63, 3.8) is 0 Å². The highest BCUT2D eigenvalue weighted by atomic mass is 127. The molecule has 1 atom stereocenters. The molecule has 2 heterocycles. The average molecular weight is 571 g/mol. The molecule has 0 saturated carbocycles. The molecule has 1 aliphatic rings. The van der Waals surface area contributed by atoms with Crippen molar-refractivity contribution < 1.29 is 14.3 Å². The van der Waals surface area contributed by atoms with Crippen LogP contribution in [0.1, 0.15) is 49.5 Å². The van der Waals surface area contributed by atoms with Gasteiger partial charge in [0, 0.05) is 33.8 Å². The van der Waals surface area contributed by atoms with E-state index in [9.17, 15) is 9.59 Å². The SMILES string of the molecule is Cc1cccc2ccnc(N(C(=O)c3cccc(I)c3)[C@@H]3CCCN(C(=O)OC(C)(C)C)C3)c12. The Morgan fingerprint density at radius 3 is 2.65 bits per heavy atom. The molecule has 1 saturated heterocycles. The van der Waals surface area contributed by atoms with Crippen LogP contribution in [0.3, 0.4) is 0 Å². The summed E-state index contributed by atoms with van der Waals surface area (Å²) in [5.41, 5.74) is 1.09. The normalized spacial score (nSPS) is 16.4. The van der Waals surface area contributed by atoms with Crippen LogP contribution in [0, 0.1) is 10.5 Å². The summed E-state index contributed by atoms with van der Waals surface area (Å²) >= 11 is 2.22. The number of pyridine rings is 1. The number of likely N-dealkylation sites (tertiary alicyclic amines) is 1. The van der Waals surface area contributed by atoms with Gasteiger partial charge in [0.2, 0.25) is 0 Å². The maximum absolute atomic E-state index is 14.0. The summed E-state index contributed by atoms with van der Waals surface area (Å²) in [6.07, 6.45) is 2.96. The van der Waals surface area contributed by atoms with Crippen molar-refractivity contribution >= 4 is 51.2 Å². The standard InChI is InChI=1S/C27H30IN3O3/c1-18-8-5-9-19-13-14-29-24(23(18)19)31(25(32)20-10-6-11-21(28)16-20)22-12-7-15-30(17-22)26(33)34-27(2,3)4/h5-6,8-11,13-14,16,22H,7,12,15,17H2,1-4H3/t22-/m1/s1. The van der Waals surface area contributed by atoms with Gasteiger partial charge in [0.25, 0.3) is 5.91 Å². The lowest BCUT2D eigenvalue weighted by Crippen LogP contribution is -2.53. The minimum Gasteiger partial charge on any atom is -0.444 e. The first-order valence-corrected chi connectivity index (χ1v) is 12.6. The van der Waals surface area contributed by atoms with Gasteiger partial charge >= 0.3 is 6.09 Å². The molecule has 3 aromatic rings. The van der Waals surface area contributed by atoms with Crippen molar-refractivity contribution in [2.75, 3.05) is 18.0 Å². The Kier molecular flexibility index (Phi) is 7.12. The van der Waals surface area contributed by atoms with Crippen LogP contribution >= 0.6 is 22.6 Å².